The van der Waals surface area contributed by atoms with E-state index in [2.05, 4.69) is 5.32 Å². The second kappa shape index (κ2) is 6.96. The lowest BCUT2D eigenvalue weighted by atomic mass is 9.85. The number of thiophene rings is 1. The molecule has 5 nitrogen and oxygen atoms in total. The summed E-state index contributed by atoms with van der Waals surface area (Å²) in [6.07, 6.45) is 3.95. The van der Waals surface area contributed by atoms with Crippen molar-refractivity contribution in [1.82, 2.24) is 10.2 Å². The van der Waals surface area contributed by atoms with Crippen LogP contribution in [0.15, 0.2) is 24.3 Å². The number of carbonyl (C=O) groups excluding carboxylic acids is 1. The molecule has 2 saturated carbocycles. The number of fused-ring (bicyclic) bond motifs is 1. The van der Waals surface area contributed by atoms with Gasteiger partial charge < -0.3 is 10.4 Å². The molecule has 0 atom stereocenters. The Morgan fingerprint density at radius 3 is 2.73 bits per heavy atom. The largest absolute Gasteiger partial charge is 0.480 e. The van der Waals surface area contributed by atoms with Gasteiger partial charge in [0.1, 0.15) is 5.82 Å². The molecule has 7 heteroatoms. The van der Waals surface area contributed by atoms with Gasteiger partial charge in [0.25, 0.3) is 5.91 Å². The van der Waals surface area contributed by atoms with Crippen LogP contribution in [0, 0.1) is 11.7 Å². The van der Waals surface area contributed by atoms with Crippen molar-refractivity contribution in [3.8, 4) is 0 Å². The standard InChI is InChI=1S/C19H21FN2O3S/c20-13-3-4-16-12(5-13)6-17(26-16)19(25)21-14-7-15(8-14)22(10-18(23)24)9-11-1-2-11/h3-6,11,14-15H,1-2,7-10H2,(H,21,25)(H,23,24). The van der Waals surface area contributed by atoms with E-state index in [0.717, 1.165) is 29.5 Å². The third-order valence-corrected chi connectivity index (χ3v) is 6.31. The molecule has 4 rings (SSSR count). The van der Waals surface area contributed by atoms with Gasteiger partial charge in [0.2, 0.25) is 0 Å². The Hall–Kier alpha value is -1.99. The van der Waals surface area contributed by atoms with E-state index in [4.69, 9.17) is 5.11 Å². The molecule has 0 radical (unpaired) electrons. The van der Waals surface area contributed by atoms with Crippen LogP contribution in [0.4, 0.5) is 4.39 Å². The van der Waals surface area contributed by atoms with Crippen molar-refractivity contribution >= 4 is 33.3 Å². The quantitative estimate of drug-likeness (QED) is 0.779. The van der Waals surface area contributed by atoms with E-state index >= 15 is 0 Å². The van der Waals surface area contributed by atoms with Crippen LogP contribution in [-0.4, -0.2) is 47.1 Å². The molecule has 1 aromatic heterocycles. The van der Waals surface area contributed by atoms with Crippen LogP contribution < -0.4 is 5.32 Å². The average Bonchev–Trinajstić information content (AvgIpc) is 3.25. The summed E-state index contributed by atoms with van der Waals surface area (Å²) in [5.74, 6) is -0.599. The first-order valence-electron chi connectivity index (χ1n) is 8.94. The molecular weight excluding hydrogens is 355 g/mol. The average molecular weight is 376 g/mol. The maximum absolute atomic E-state index is 13.3. The van der Waals surface area contributed by atoms with Gasteiger partial charge in [0, 0.05) is 23.3 Å². The van der Waals surface area contributed by atoms with Crippen LogP contribution in [0.2, 0.25) is 0 Å². The lowest BCUT2D eigenvalue weighted by molar-refractivity contribution is -0.139. The normalized spacial score (nSPS) is 22.4. The molecule has 1 amide bonds. The molecule has 1 heterocycles. The summed E-state index contributed by atoms with van der Waals surface area (Å²) in [6.45, 7) is 0.920. The Morgan fingerprint density at radius 1 is 1.27 bits per heavy atom. The van der Waals surface area contributed by atoms with E-state index in [1.165, 1.54) is 36.3 Å². The number of carboxylic acid groups (broad SMARTS) is 1. The summed E-state index contributed by atoms with van der Waals surface area (Å²) in [5.41, 5.74) is 0. The SMILES string of the molecule is O=C(O)CN(CC1CC1)C1CC(NC(=O)c2cc3cc(F)ccc3s2)C1. The van der Waals surface area contributed by atoms with Gasteiger partial charge in [-0.1, -0.05) is 0 Å². The molecule has 2 N–H and O–H groups in total. The maximum atomic E-state index is 13.3. The van der Waals surface area contributed by atoms with Gasteiger partial charge in [-0.3, -0.25) is 14.5 Å². The van der Waals surface area contributed by atoms with E-state index < -0.39 is 5.97 Å². The summed E-state index contributed by atoms with van der Waals surface area (Å²) in [4.78, 5) is 26.1. The van der Waals surface area contributed by atoms with Crippen molar-refractivity contribution in [2.24, 2.45) is 5.92 Å². The zero-order valence-corrected chi connectivity index (χ0v) is 15.1. The number of benzene rings is 1. The number of halogens is 1. The Labute approximate surface area is 154 Å². The van der Waals surface area contributed by atoms with Crippen molar-refractivity contribution in [3.63, 3.8) is 0 Å². The molecule has 2 aliphatic carbocycles. The fourth-order valence-electron chi connectivity index (χ4n) is 3.53. The van der Waals surface area contributed by atoms with Crippen LogP contribution in [0.1, 0.15) is 35.4 Å². The molecule has 0 aliphatic heterocycles. The Bertz CT molecular complexity index is 842. The Morgan fingerprint density at radius 2 is 2.04 bits per heavy atom. The number of aliphatic carboxylic acids is 1. The second-order valence-electron chi connectivity index (χ2n) is 7.35. The zero-order chi connectivity index (χ0) is 18.3. The molecule has 1 aromatic carbocycles. The second-order valence-corrected chi connectivity index (χ2v) is 8.44. The minimum absolute atomic E-state index is 0.0731. The number of amides is 1. The lowest BCUT2D eigenvalue weighted by Crippen LogP contribution is -2.55. The minimum atomic E-state index is -0.796. The molecule has 0 saturated heterocycles. The van der Waals surface area contributed by atoms with Gasteiger partial charge in [0.05, 0.1) is 11.4 Å². The molecule has 0 bridgehead atoms. The molecule has 0 unspecified atom stereocenters. The predicted octanol–water partition coefficient (Wildman–Crippen LogP) is 3.10. The van der Waals surface area contributed by atoms with Crippen LogP contribution in [0.25, 0.3) is 10.1 Å². The van der Waals surface area contributed by atoms with Gasteiger partial charge in [-0.2, -0.15) is 0 Å². The Balaban J connectivity index is 1.33. The first kappa shape index (κ1) is 17.4. The van der Waals surface area contributed by atoms with Crippen molar-refractivity contribution in [3.05, 3.63) is 35.0 Å². The molecule has 138 valence electrons. The highest BCUT2D eigenvalue weighted by Gasteiger charge is 2.37. The van der Waals surface area contributed by atoms with Gasteiger partial charge >= 0.3 is 5.97 Å². The predicted molar refractivity (Wildman–Crippen MR) is 98.0 cm³/mol. The topological polar surface area (TPSA) is 69.6 Å². The number of carbonyl (C=O) groups is 2. The molecule has 0 spiro atoms. The molecular formula is C19H21FN2O3S. The van der Waals surface area contributed by atoms with Crippen molar-refractivity contribution in [1.29, 1.82) is 0 Å². The summed E-state index contributed by atoms with van der Waals surface area (Å²) in [7, 11) is 0. The molecule has 2 aliphatic rings. The maximum Gasteiger partial charge on any atom is 0.317 e. The van der Waals surface area contributed by atoms with Gasteiger partial charge in [0.15, 0.2) is 0 Å². The monoisotopic (exact) mass is 376 g/mol. The first-order chi connectivity index (χ1) is 12.5. The number of hydrogen-bond acceptors (Lipinski definition) is 4. The fourth-order valence-corrected chi connectivity index (χ4v) is 4.48. The summed E-state index contributed by atoms with van der Waals surface area (Å²) >= 11 is 1.36. The van der Waals surface area contributed by atoms with Crippen LogP contribution in [0.5, 0.6) is 0 Å². The van der Waals surface area contributed by atoms with Crippen molar-refractivity contribution in [2.45, 2.75) is 37.8 Å². The number of nitrogens with zero attached hydrogens (tertiary/aromatic N) is 1. The molecule has 2 aromatic rings. The lowest BCUT2D eigenvalue weighted by Gasteiger charge is -2.42. The van der Waals surface area contributed by atoms with Gasteiger partial charge in [-0.15, -0.1) is 11.3 Å². The smallest absolute Gasteiger partial charge is 0.317 e. The van der Waals surface area contributed by atoms with E-state index in [1.54, 1.807) is 12.1 Å². The molecule has 26 heavy (non-hydrogen) atoms. The van der Waals surface area contributed by atoms with Crippen LogP contribution in [-0.2, 0) is 4.79 Å². The zero-order valence-electron chi connectivity index (χ0n) is 14.3. The van der Waals surface area contributed by atoms with Crippen LogP contribution >= 0.6 is 11.3 Å². The minimum Gasteiger partial charge on any atom is -0.480 e. The molecule has 2 fully saturated rings. The first-order valence-corrected chi connectivity index (χ1v) is 9.75. The highest BCUT2D eigenvalue weighted by molar-refractivity contribution is 7.20. The van der Waals surface area contributed by atoms with Crippen molar-refractivity contribution < 1.29 is 19.1 Å². The summed E-state index contributed by atoms with van der Waals surface area (Å²) in [5, 5.41) is 12.9. The highest BCUT2D eigenvalue weighted by Crippen LogP contribution is 2.34. The van der Waals surface area contributed by atoms with E-state index in [0.29, 0.717) is 10.8 Å². The van der Waals surface area contributed by atoms with E-state index in [-0.39, 0.29) is 30.4 Å². The van der Waals surface area contributed by atoms with Gasteiger partial charge in [-0.25, -0.2) is 4.39 Å². The Kier molecular flexibility index (Phi) is 4.67. The van der Waals surface area contributed by atoms with E-state index in [9.17, 15) is 14.0 Å². The van der Waals surface area contributed by atoms with Gasteiger partial charge in [-0.05, 0) is 61.3 Å². The number of carboxylic acids is 1. The fraction of sp³-hybridized carbons (Fsp3) is 0.474. The number of rotatable bonds is 7. The van der Waals surface area contributed by atoms with E-state index in [1.807, 2.05) is 4.90 Å². The third-order valence-electron chi connectivity index (χ3n) is 5.19. The van der Waals surface area contributed by atoms with Crippen molar-refractivity contribution in [2.75, 3.05) is 13.1 Å². The summed E-state index contributed by atoms with van der Waals surface area (Å²) in [6, 6.07) is 6.54. The summed E-state index contributed by atoms with van der Waals surface area (Å²) < 4.78 is 14.2. The third kappa shape index (κ3) is 3.88. The number of nitrogens with one attached hydrogen (secondary N) is 1. The van der Waals surface area contributed by atoms with Crippen LogP contribution in [0.3, 0.4) is 0 Å². The number of hydrogen-bond donors (Lipinski definition) is 2. The highest BCUT2D eigenvalue weighted by atomic mass is 32.1.